The van der Waals surface area contributed by atoms with E-state index in [-0.39, 0.29) is 17.4 Å². The summed E-state index contributed by atoms with van der Waals surface area (Å²) >= 11 is 5.06. The monoisotopic (exact) mass is 359 g/mol. The zero-order valence-corrected chi connectivity index (χ0v) is 14.6. The lowest BCUT2D eigenvalue weighted by atomic mass is 10.2. The maximum absolute atomic E-state index is 11.9. The molecule has 0 aromatic heterocycles. The van der Waals surface area contributed by atoms with Crippen LogP contribution in [0.1, 0.15) is 11.1 Å². The van der Waals surface area contributed by atoms with Gasteiger partial charge >= 0.3 is 0 Å². The molecular weight excluding hydrogens is 342 g/mol. The minimum absolute atomic E-state index is 0.0427. The Morgan fingerprint density at radius 1 is 1.20 bits per heavy atom. The van der Waals surface area contributed by atoms with Crippen LogP contribution in [-0.2, 0) is 4.79 Å². The van der Waals surface area contributed by atoms with Crippen LogP contribution < -0.4 is 15.4 Å². The fourth-order valence-electron chi connectivity index (χ4n) is 1.96. The summed E-state index contributed by atoms with van der Waals surface area (Å²) in [6.45, 7) is 3.53. The molecule has 0 saturated heterocycles. The number of nitrogens with zero attached hydrogens (tertiary/aromatic N) is 1. The topological polar surface area (TPSA) is 93.5 Å². The van der Waals surface area contributed by atoms with Crippen LogP contribution in [0.25, 0.3) is 0 Å². The molecule has 0 aliphatic heterocycles. The third-order valence-electron chi connectivity index (χ3n) is 3.32. The first kappa shape index (κ1) is 18.3. The summed E-state index contributed by atoms with van der Waals surface area (Å²) < 4.78 is 5.36. The van der Waals surface area contributed by atoms with Gasteiger partial charge < -0.3 is 10.1 Å². The number of aryl methyl sites for hydroxylation is 2. The zero-order valence-electron chi connectivity index (χ0n) is 13.7. The van der Waals surface area contributed by atoms with Crippen molar-refractivity contribution in [1.29, 1.82) is 0 Å². The van der Waals surface area contributed by atoms with Crippen LogP contribution in [0.15, 0.2) is 42.5 Å². The van der Waals surface area contributed by atoms with E-state index in [4.69, 9.17) is 17.0 Å². The maximum atomic E-state index is 11.9. The van der Waals surface area contributed by atoms with Gasteiger partial charge in [0, 0.05) is 17.8 Å². The first-order chi connectivity index (χ1) is 11.8. The Balaban J connectivity index is 1.89. The number of hydrogen-bond donors (Lipinski definition) is 2. The second-order valence-electron chi connectivity index (χ2n) is 5.36. The highest BCUT2D eigenvalue weighted by Crippen LogP contribution is 2.21. The standard InChI is InChI=1S/C17H17N3O4S/c1-11-3-7-14(8-4-11)24-10-16(21)19-17(25)18-15-9-13(20(22)23)6-5-12(15)2/h3-9H,10H2,1-2H3,(H2,18,19,21,25). The first-order valence-corrected chi connectivity index (χ1v) is 7.81. The SMILES string of the molecule is Cc1ccc(OCC(=O)NC(=S)Nc2cc([N+](=O)[O-])ccc2C)cc1. The molecule has 0 unspecified atom stereocenters. The van der Waals surface area contributed by atoms with Crippen molar-refractivity contribution >= 4 is 34.6 Å². The minimum atomic E-state index is -0.498. The molecule has 0 heterocycles. The summed E-state index contributed by atoms with van der Waals surface area (Å²) in [5.74, 6) is 0.148. The predicted molar refractivity (Wildman–Crippen MR) is 98.9 cm³/mol. The van der Waals surface area contributed by atoms with E-state index >= 15 is 0 Å². The van der Waals surface area contributed by atoms with Crippen molar-refractivity contribution < 1.29 is 14.5 Å². The highest BCUT2D eigenvalue weighted by Gasteiger charge is 2.11. The van der Waals surface area contributed by atoms with Gasteiger partial charge in [0.05, 0.1) is 4.92 Å². The molecule has 0 bridgehead atoms. The van der Waals surface area contributed by atoms with Gasteiger partial charge in [0.1, 0.15) is 5.75 Å². The Morgan fingerprint density at radius 3 is 2.52 bits per heavy atom. The van der Waals surface area contributed by atoms with E-state index in [1.807, 2.05) is 19.1 Å². The van der Waals surface area contributed by atoms with Crippen molar-refractivity contribution in [2.24, 2.45) is 0 Å². The number of nitro groups is 1. The van der Waals surface area contributed by atoms with Crippen LogP contribution in [0, 0.1) is 24.0 Å². The fourth-order valence-corrected chi connectivity index (χ4v) is 2.18. The molecule has 0 atom stereocenters. The van der Waals surface area contributed by atoms with Gasteiger partial charge in [-0.2, -0.15) is 0 Å². The molecule has 130 valence electrons. The Kier molecular flexibility index (Phi) is 6.02. The molecule has 0 saturated carbocycles. The maximum Gasteiger partial charge on any atom is 0.271 e. The van der Waals surface area contributed by atoms with Gasteiger partial charge in [-0.1, -0.05) is 23.8 Å². The van der Waals surface area contributed by atoms with Crippen LogP contribution in [0.3, 0.4) is 0 Å². The number of thiocarbonyl (C=S) groups is 1. The van der Waals surface area contributed by atoms with Gasteiger partial charge in [-0.15, -0.1) is 0 Å². The van der Waals surface area contributed by atoms with Crippen molar-refractivity contribution in [3.63, 3.8) is 0 Å². The molecule has 1 amide bonds. The molecule has 0 radical (unpaired) electrons. The Bertz CT molecular complexity index is 806. The highest BCUT2D eigenvalue weighted by molar-refractivity contribution is 7.80. The second kappa shape index (κ2) is 8.20. The number of anilines is 1. The molecule has 2 aromatic rings. The van der Waals surface area contributed by atoms with Gasteiger partial charge in [0.15, 0.2) is 11.7 Å². The number of hydrogen-bond acceptors (Lipinski definition) is 5. The van der Waals surface area contributed by atoms with Crippen molar-refractivity contribution in [3.05, 3.63) is 63.7 Å². The molecule has 2 aromatic carbocycles. The summed E-state index contributed by atoms with van der Waals surface area (Å²) in [6, 6.07) is 11.7. The quantitative estimate of drug-likeness (QED) is 0.484. The molecule has 8 heteroatoms. The largest absolute Gasteiger partial charge is 0.484 e. The van der Waals surface area contributed by atoms with E-state index in [1.54, 1.807) is 25.1 Å². The molecule has 0 fully saturated rings. The third-order valence-corrected chi connectivity index (χ3v) is 3.53. The van der Waals surface area contributed by atoms with Gasteiger partial charge in [-0.25, -0.2) is 0 Å². The van der Waals surface area contributed by atoms with E-state index in [1.165, 1.54) is 12.1 Å². The predicted octanol–water partition coefficient (Wildman–Crippen LogP) is 3.10. The van der Waals surface area contributed by atoms with Crippen LogP contribution in [0.2, 0.25) is 0 Å². The molecule has 2 N–H and O–H groups in total. The molecule has 0 aliphatic rings. The average molecular weight is 359 g/mol. The number of ether oxygens (including phenoxy) is 1. The van der Waals surface area contributed by atoms with Crippen LogP contribution in [0.5, 0.6) is 5.75 Å². The number of carbonyl (C=O) groups excluding carboxylic acids is 1. The van der Waals surface area contributed by atoms with E-state index in [0.717, 1.165) is 11.1 Å². The number of nitrogens with one attached hydrogen (secondary N) is 2. The summed E-state index contributed by atoms with van der Waals surface area (Å²) in [6.07, 6.45) is 0. The molecule has 0 aliphatic carbocycles. The lowest BCUT2D eigenvalue weighted by Crippen LogP contribution is -2.37. The van der Waals surface area contributed by atoms with Crippen molar-refractivity contribution in [2.75, 3.05) is 11.9 Å². The summed E-state index contributed by atoms with van der Waals surface area (Å²) in [5, 5.41) is 16.1. The molecule has 25 heavy (non-hydrogen) atoms. The number of nitro benzene ring substituents is 1. The Labute approximate surface area is 150 Å². The molecule has 0 spiro atoms. The van der Waals surface area contributed by atoms with Crippen molar-refractivity contribution in [1.82, 2.24) is 5.32 Å². The molecular formula is C17H17N3O4S. The second-order valence-corrected chi connectivity index (χ2v) is 5.77. The summed E-state index contributed by atoms with van der Waals surface area (Å²) in [5.41, 5.74) is 2.25. The first-order valence-electron chi connectivity index (χ1n) is 7.40. The number of rotatable bonds is 5. The van der Waals surface area contributed by atoms with Gasteiger partial charge in [-0.05, 0) is 43.8 Å². The van der Waals surface area contributed by atoms with Crippen LogP contribution in [0.4, 0.5) is 11.4 Å². The molecule has 7 nitrogen and oxygen atoms in total. The lowest BCUT2D eigenvalue weighted by Gasteiger charge is -2.12. The number of benzene rings is 2. The third kappa shape index (κ3) is 5.54. The fraction of sp³-hybridized carbons (Fsp3) is 0.176. The smallest absolute Gasteiger partial charge is 0.271 e. The van der Waals surface area contributed by atoms with Crippen LogP contribution >= 0.6 is 12.2 Å². The van der Waals surface area contributed by atoms with Gasteiger partial charge in [-0.3, -0.25) is 20.2 Å². The summed E-state index contributed by atoms with van der Waals surface area (Å²) in [7, 11) is 0. The lowest BCUT2D eigenvalue weighted by molar-refractivity contribution is -0.384. The van der Waals surface area contributed by atoms with E-state index in [9.17, 15) is 14.9 Å². The Morgan fingerprint density at radius 2 is 1.88 bits per heavy atom. The Hall–Kier alpha value is -3.00. The molecule has 2 rings (SSSR count). The normalized spacial score (nSPS) is 10.0. The van der Waals surface area contributed by atoms with Gasteiger partial charge in [0.25, 0.3) is 11.6 Å². The summed E-state index contributed by atoms with van der Waals surface area (Å²) in [4.78, 5) is 22.2. The average Bonchev–Trinajstić information content (AvgIpc) is 2.56. The number of non-ortho nitro benzene ring substituents is 1. The number of amides is 1. The van der Waals surface area contributed by atoms with Crippen molar-refractivity contribution in [2.45, 2.75) is 13.8 Å². The van der Waals surface area contributed by atoms with E-state index in [2.05, 4.69) is 10.6 Å². The van der Waals surface area contributed by atoms with Gasteiger partial charge in [0.2, 0.25) is 0 Å². The van der Waals surface area contributed by atoms with E-state index in [0.29, 0.717) is 11.4 Å². The zero-order chi connectivity index (χ0) is 18.4. The van der Waals surface area contributed by atoms with Crippen molar-refractivity contribution in [3.8, 4) is 5.75 Å². The van der Waals surface area contributed by atoms with Crippen LogP contribution in [-0.4, -0.2) is 22.5 Å². The number of carbonyl (C=O) groups is 1. The minimum Gasteiger partial charge on any atom is -0.484 e. The van der Waals surface area contributed by atoms with E-state index < -0.39 is 10.8 Å². The highest BCUT2D eigenvalue weighted by atomic mass is 32.1.